The predicted molar refractivity (Wildman–Crippen MR) is 124 cm³/mol. The molecular weight excluding hydrogens is 422 g/mol. The lowest BCUT2D eigenvalue weighted by molar-refractivity contribution is 0.0496. The first kappa shape index (κ1) is 24.6. The number of esters is 1. The molecule has 178 valence electrons. The van der Waals surface area contributed by atoms with Crippen LogP contribution in [0.4, 0.5) is 0 Å². The van der Waals surface area contributed by atoms with Crippen LogP contribution in [-0.2, 0) is 28.9 Å². The number of amides is 1. The lowest BCUT2D eigenvalue weighted by Crippen LogP contribution is -2.26. The third-order valence-corrected chi connectivity index (χ3v) is 5.67. The lowest BCUT2D eigenvalue weighted by atomic mass is 10.1. The molecule has 1 aliphatic heterocycles. The molecule has 0 radical (unpaired) electrons. The zero-order chi connectivity index (χ0) is 23.6. The van der Waals surface area contributed by atoms with Gasteiger partial charge in [-0.3, -0.25) is 14.3 Å². The standard InChI is InChI=1S/C25H33N3O5/c1-3-21-23-22(8-6-15-32-16-7-13-26-24(23)30)28(27-21)14-4-5-17-33-25(31)20-11-9-19(10-12-20)18(2)29/h9-12H,3-8,13-17H2,1-2H3,(H,26,30). The van der Waals surface area contributed by atoms with Crippen molar-refractivity contribution >= 4 is 17.7 Å². The van der Waals surface area contributed by atoms with Crippen molar-refractivity contribution in [1.82, 2.24) is 15.1 Å². The van der Waals surface area contributed by atoms with Gasteiger partial charge in [-0.2, -0.15) is 5.10 Å². The lowest BCUT2D eigenvalue weighted by Gasteiger charge is -2.10. The Balaban J connectivity index is 1.55. The summed E-state index contributed by atoms with van der Waals surface area (Å²) < 4.78 is 12.9. The SMILES string of the molecule is CCc1nn(CCCCOC(=O)c2ccc(C(C)=O)cc2)c2c1C(=O)NCCCOCCC2. The molecule has 2 aromatic rings. The number of benzene rings is 1. The van der Waals surface area contributed by atoms with E-state index in [0.717, 1.165) is 37.1 Å². The van der Waals surface area contributed by atoms with E-state index < -0.39 is 5.97 Å². The number of carbonyl (C=O) groups excluding carboxylic acids is 3. The molecule has 1 aromatic carbocycles. The average Bonchev–Trinajstić information content (AvgIpc) is 3.15. The van der Waals surface area contributed by atoms with Gasteiger partial charge in [0.05, 0.1) is 29.1 Å². The van der Waals surface area contributed by atoms with E-state index in [9.17, 15) is 14.4 Å². The van der Waals surface area contributed by atoms with Gasteiger partial charge in [-0.25, -0.2) is 4.79 Å². The van der Waals surface area contributed by atoms with Gasteiger partial charge in [-0.05, 0) is 57.6 Å². The summed E-state index contributed by atoms with van der Waals surface area (Å²) in [7, 11) is 0. The number of ether oxygens (including phenoxy) is 2. The molecule has 0 unspecified atom stereocenters. The molecule has 0 saturated heterocycles. The van der Waals surface area contributed by atoms with Crippen molar-refractivity contribution in [3.63, 3.8) is 0 Å². The minimum atomic E-state index is -0.400. The molecular formula is C25H33N3O5. The maximum Gasteiger partial charge on any atom is 0.338 e. The molecule has 1 amide bonds. The smallest absolute Gasteiger partial charge is 0.338 e. The Labute approximate surface area is 194 Å². The predicted octanol–water partition coefficient (Wildman–Crippen LogP) is 3.37. The fourth-order valence-electron chi connectivity index (χ4n) is 3.86. The number of fused-ring (bicyclic) bond motifs is 1. The van der Waals surface area contributed by atoms with Gasteiger partial charge in [0.2, 0.25) is 0 Å². The summed E-state index contributed by atoms with van der Waals surface area (Å²) in [6.45, 7) is 6.37. The minimum absolute atomic E-state index is 0.0416. The number of ketones is 1. The summed E-state index contributed by atoms with van der Waals surface area (Å²) in [5.74, 6) is -0.498. The Hall–Kier alpha value is -3.00. The Morgan fingerprint density at radius 1 is 1.12 bits per heavy atom. The third kappa shape index (κ3) is 6.74. The molecule has 8 heteroatoms. The largest absolute Gasteiger partial charge is 0.462 e. The van der Waals surface area contributed by atoms with E-state index in [2.05, 4.69) is 5.32 Å². The number of hydrogen-bond acceptors (Lipinski definition) is 6. The fraction of sp³-hybridized carbons (Fsp3) is 0.520. The van der Waals surface area contributed by atoms with Crippen molar-refractivity contribution in [3.05, 3.63) is 52.3 Å². The number of unbranched alkanes of at least 4 members (excludes halogenated alkanes) is 1. The maximum atomic E-state index is 12.8. The normalized spacial score (nSPS) is 14.7. The van der Waals surface area contributed by atoms with E-state index in [4.69, 9.17) is 14.6 Å². The molecule has 0 atom stereocenters. The van der Waals surface area contributed by atoms with Crippen molar-refractivity contribution in [2.24, 2.45) is 0 Å². The highest BCUT2D eigenvalue weighted by Crippen LogP contribution is 2.19. The second kappa shape index (κ2) is 12.3. The van der Waals surface area contributed by atoms with Gasteiger partial charge in [0.1, 0.15) is 0 Å². The molecule has 1 N–H and O–H groups in total. The minimum Gasteiger partial charge on any atom is -0.462 e. The second-order valence-corrected chi connectivity index (χ2v) is 8.15. The monoisotopic (exact) mass is 455 g/mol. The number of aromatic nitrogens is 2. The molecule has 0 spiro atoms. The average molecular weight is 456 g/mol. The van der Waals surface area contributed by atoms with Gasteiger partial charge in [-0.15, -0.1) is 0 Å². The van der Waals surface area contributed by atoms with E-state index in [1.165, 1.54) is 6.92 Å². The summed E-state index contributed by atoms with van der Waals surface area (Å²) in [5, 5.41) is 7.70. The van der Waals surface area contributed by atoms with Crippen LogP contribution in [0.2, 0.25) is 0 Å². The molecule has 8 nitrogen and oxygen atoms in total. The fourth-order valence-corrected chi connectivity index (χ4v) is 3.86. The Kier molecular flexibility index (Phi) is 9.18. The summed E-state index contributed by atoms with van der Waals surface area (Å²) >= 11 is 0. The highest BCUT2D eigenvalue weighted by Gasteiger charge is 2.22. The number of nitrogens with one attached hydrogen (secondary N) is 1. The zero-order valence-electron chi connectivity index (χ0n) is 19.5. The van der Waals surface area contributed by atoms with Crippen molar-refractivity contribution in [2.75, 3.05) is 26.4 Å². The van der Waals surface area contributed by atoms with Crippen LogP contribution in [0.5, 0.6) is 0 Å². The Morgan fingerprint density at radius 3 is 2.58 bits per heavy atom. The van der Waals surface area contributed by atoms with Crippen LogP contribution in [0, 0.1) is 0 Å². The molecule has 1 aliphatic rings. The number of aryl methyl sites for hydroxylation is 2. The highest BCUT2D eigenvalue weighted by molar-refractivity contribution is 5.97. The van der Waals surface area contributed by atoms with Crippen LogP contribution in [0.3, 0.4) is 0 Å². The number of hydrogen-bond donors (Lipinski definition) is 1. The van der Waals surface area contributed by atoms with Crippen LogP contribution in [0.1, 0.15) is 82.0 Å². The van der Waals surface area contributed by atoms with Gasteiger partial charge in [0, 0.05) is 31.9 Å². The zero-order valence-corrected chi connectivity index (χ0v) is 19.5. The van der Waals surface area contributed by atoms with E-state index in [1.54, 1.807) is 24.3 Å². The maximum absolute atomic E-state index is 12.8. The van der Waals surface area contributed by atoms with E-state index in [0.29, 0.717) is 62.4 Å². The number of Topliss-reactive ketones (excluding diaryl/α,β-unsaturated/α-hetero) is 1. The molecule has 0 fully saturated rings. The second-order valence-electron chi connectivity index (χ2n) is 8.15. The number of rotatable bonds is 8. The summed E-state index contributed by atoms with van der Waals surface area (Å²) in [6, 6.07) is 6.47. The van der Waals surface area contributed by atoms with Crippen molar-refractivity contribution < 1.29 is 23.9 Å². The molecule has 3 rings (SSSR count). The van der Waals surface area contributed by atoms with Crippen LogP contribution in [0.15, 0.2) is 24.3 Å². The molecule has 0 aliphatic carbocycles. The van der Waals surface area contributed by atoms with E-state index in [1.807, 2.05) is 11.6 Å². The van der Waals surface area contributed by atoms with Crippen molar-refractivity contribution in [1.29, 1.82) is 0 Å². The third-order valence-electron chi connectivity index (χ3n) is 5.67. The number of nitrogens with zero attached hydrogens (tertiary/aromatic N) is 2. The van der Waals surface area contributed by atoms with Gasteiger partial charge >= 0.3 is 5.97 Å². The van der Waals surface area contributed by atoms with Crippen LogP contribution >= 0.6 is 0 Å². The van der Waals surface area contributed by atoms with Crippen LogP contribution in [0.25, 0.3) is 0 Å². The van der Waals surface area contributed by atoms with Gasteiger partial charge in [-0.1, -0.05) is 19.1 Å². The Bertz CT molecular complexity index is 965. The van der Waals surface area contributed by atoms with Gasteiger partial charge in [0.15, 0.2) is 5.78 Å². The van der Waals surface area contributed by atoms with Crippen LogP contribution in [-0.4, -0.2) is 53.8 Å². The topological polar surface area (TPSA) is 99.5 Å². The first-order chi connectivity index (χ1) is 16.0. The molecule has 0 bridgehead atoms. The van der Waals surface area contributed by atoms with Crippen molar-refractivity contribution in [3.8, 4) is 0 Å². The summed E-state index contributed by atoms with van der Waals surface area (Å²) in [5.41, 5.74) is 3.48. The molecule has 1 aromatic heterocycles. The first-order valence-electron chi connectivity index (χ1n) is 11.7. The molecule has 33 heavy (non-hydrogen) atoms. The van der Waals surface area contributed by atoms with Crippen molar-refractivity contribution in [2.45, 2.75) is 58.9 Å². The van der Waals surface area contributed by atoms with Crippen LogP contribution < -0.4 is 5.32 Å². The Morgan fingerprint density at radius 2 is 1.85 bits per heavy atom. The molecule has 2 heterocycles. The highest BCUT2D eigenvalue weighted by atomic mass is 16.5. The summed E-state index contributed by atoms with van der Waals surface area (Å²) in [4.78, 5) is 36.3. The van der Waals surface area contributed by atoms with Gasteiger partial charge in [0.25, 0.3) is 5.91 Å². The number of carbonyl (C=O) groups is 3. The van der Waals surface area contributed by atoms with E-state index in [-0.39, 0.29) is 11.7 Å². The molecule has 0 saturated carbocycles. The quantitative estimate of drug-likeness (QED) is 0.372. The first-order valence-corrected chi connectivity index (χ1v) is 11.7. The van der Waals surface area contributed by atoms with E-state index >= 15 is 0 Å². The summed E-state index contributed by atoms with van der Waals surface area (Å²) in [6.07, 6.45) is 4.53. The van der Waals surface area contributed by atoms with Gasteiger partial charge < -0.3 is 14.8 Å².